The minimum Gasteiger partial charge on any atom is -0.436 e. The van der Waals surface area contributed by atoms with E-state index in [1.165, 1.54) is 5.56 Å². The van der Waals surface area contributed by atoms with Gasteiger partial charge in [-0.25, -0.2) is 9.97 Å². The summed E-state index contributed by atoms with van der Waals surface area (Å²) in [5, 5.41) is 0.734. The molecule has 0 bridgehead atoms. The van der Waals surface area contributed by atoms with Gasteiger partial charge in [0.15, 0.2) is 5.82 Å². The van der Waals surface area contributed by atoms with Gasteiger partial charge in [-0.15, -0.1) is 0 Å². The van der Waals surface area contributed by atoms with E-state index >= 15 is 0 Å². The lowest BCUT2D eigenvalue weighted by Gasteiger charge is -2.40. The number of nitrogens with zero attached hydrogens (tertiary/aromatic N) is 5. The highest BCUT2D eigenvalue weighted by Gasteiger charge is 2.32. The molecular formula is C27H30ClN5O2. The minimum atomic E-state index is -0.0595. The average molecular weight is 492 g/mol. The topological polar surface area (TPSA) is 61.8 Å². The number of piperidine rings is 1. The summed E-state index contributed by atoms with van der Waals surface area (Å²) in [5.41, 5.74) is 2.28. The summed E-state index contributed by atoms with van der Waals surface area (Å²) in [5.74, 6) is 2.05. The lowest BCUT2D eigenvalue weighted by molar-refractivity contribution is -0.136. The van der Waals surface area contributed by atoms with E-state index in [2.05, 4.69) is 25.8 Å². The Hall–Kier alpha value is -3.32. The Morgan fingerprint density at radius 1 is 0.971 bits per heavy atom. The standard InChI is InChI=1S/C27H30ClN5O2/c1-20-7-9-24(10-8-20)35-26-25(29-11-12-30-26)33-13-3-4-21(19-33)27(34)32-16-14-31(15-17-32)23-6-2-5-22(28)18-23/h2,5-12,18,21H,3-4,13-17,19H2,1H3/t21-/m0/s1. The maximum absolute atomic E-state index is 13.4. The number of hydrogen-bond acceptors (Lipinski definition) is 6. The summed E-state index contributed by atoms with van der Waals surface area (Å²) >= 11 is 6.16. The zero-order chi connectivity index (χ0) is 24.2. The zero-order valence-electron chi connectivity index (χ0n) is 19.9. The summed E-state index contributed by atoms with van der Waals surface area (Å²) in [6.07, 6.45) is 5.13. The van der Waals surface area contributed by atoms with Gasteiger partial charge in [-0.1, -0.05) is 35.4 Å². The molecule has 3 heterocycles. The number of hydrogen-bond donors (Lipinski definition) is 0. The van der Waals surface area contributed by atoms with Crippen molar-refractivity contribution in [3.8, 4) is 11.6 Å². The number of halogens is 1. The zero-order valence-corrected chi connectivity index (χ0v) is 20.7. The van der Waals surface area contributed by atoms with Gasteiger partial charge in [-0.05, 0) is 50.1 Å². The van der Waals surface area contributed by atoms with Crippen molar-refractivity contribution in [1.82, 2.24) is 14.9 Å². The molecule has 2 aliphatic rings. The van der Waals surface area contributed by atoms with Gasteiger partial charge in [0.05, 0.1) is 5.92 Å². The summed E-state index contributed by atoms with van der Waals surface area (Å²) in [6.45, 7) is 6.54. The first kappa shape index (κ1) is 23.4. The smallest absolute Gasteiger partial charge is 0.263 e. The largest absolute Gasteiger partial charge is 0.436 e. The quantitative estimate of drug-likeness (QED) is 0.511. The van der Waals surface area contributed by atoms with Crippen LogP contribution in [0.15, 0.2) is 60.9 Å². The molecule has 1 aromatic heterocycles. The Kier molecular flexibility index (Phi) is 7.04. The van der Waals surface area contributed by atoms with Crippen LogP contribution in [0.5, 0.6) is 11.6 Å². The number of aryl methyl sites for hydroxylation is 1. The number of aromatic nitrogens is 2. The van der Waals surface area contributed by atoms with Gasteiger partial charge in [0.1, 0.15) is 5.75 Å². The van der Waals surface area contributed by atoms with Crippen molar-refractivity contribution in [1.29, 1.82) is 0 Å². The normalized spacial score (nSPS) is 18.5. The molecule has 0 aliphatic carbocycles. The van der Waals surface area contributed by atoms with Crippen molar-refractivity contribution in [3.63, 3.8) is 0 Å². The fourth-order valence-electron chi connectivity index (χ4n) is 4.81. The highest BCUT2D eigenvalue weighted by Crippen LogP contribution is 2.32. The Morgan fingerprint density at radius 3 is 2.51 bits per heavy atom. The number of amides is 1. The molecule has 5 rings (SSSR count). The predicted molar refractivity (Wildman–Crippen MR) is 138 cm³/mol. The van der Waals surface area contributed by atoms with Gasteiger partial charge in [0.2, 0.25) is 5.91 Å². The fourth-order valence-corrected chi connectivity index (χ4v) is 5.00. The van der Waals surface area contributed by atoms with Crippen molar-refractivity contribution in [2.75, 3.05) is 49.1 Å². The van der Waals surface area contributed by atoms with E-state index in [-0.39, 0.29) is 11.8 Å². The Bertz CT molecular complexity index is 1160. The van der Waals surface area contributed by atoms with Crippen LogP contribution in [0.3, 0.4) is 0 Å². The van der Waals surface area contributed by atoms with E-state index in [1.807, 2.05) is 54.3 Å². The van der Waals surface area contributed by atoms with Crippen LogP contribution in [0.2, 0.25) is 5.02 Å². The van der Waals surface area contributed by atoms with Gasteiger partial charge >= 0.3 is 0 Å². The van der Waals surface area contributed by atoms with Crippen LogP contribution in [0.4, 0.5) is 11.5 Å². The highest BCUT2D eigenvalue weighted by atomic mass is 35.5. The van der Waals surface area contributed by atoms with E-state index < -0.39 is 0 Å². The van der Waals surface area contributed by atoms with Crippen LogP contribution in [0.1, 0.15) is 18.4 Å². The molecule has 0 radical (unpaired) electrons. The Morgan fingerprint density at radius 2 is 1.74 bits per heavy atom. The third-order valence-corrected chi connectivity index (χ3v) is 6.95. The molecule has 0 spiro atoms. The maximum atomic E-state index is 13.4. The monoisotopic (exact) mass is 491 g/mol. The number of carbonyl (C=O) groups excluding carboxylic acids is 1. The van der Waals surface area contributed by atoms with Gasteiger partial charge < -0.3 is 19.4 Å². The van der Waals surface area contributed by atoms with Crippen LogP contribution < -0.4 is 14.5 Å². The second kappa shape index (κ2) is 10.5. The molecule has 182 valence electrons. The van der Waals surface area contributed by atoms with Gasteiger partial charge in [-0.2, -0.15) is 0 Å². The highest BCUT2D eigenvalue weighted by molar-refractivity contribution is 6.30. The van der Waals surface area contributed by atoms with Crippen LogP contribution in [-0.2, 0) is 4.79 Å². The van der Waals surface area contributed by atoms with Gasteiger partial charge in [-0.3, -0.25) is 4.79 Å². The number of anilines is 2. The van der Waals surface area contributed by atoms with Crippen LogP contribution >= 0.6 is 11.6 Å². The molecule has 0 saturated carbocycles. The summed E-state index contributed by atoms with van der Waals surface area (Å²) in [7, 11) is 0. The van der Waals surface area contributed by atoms with E-state index in [4.69, 9.17) is 16.3 Å². The number of ether oxygens (including phenoxy) is 1. The third kappa shape index (κ3) is 5.51. The van der Waals surface area contributed by atoms with Crippen molar-refractivity contribution < 1.29 is 9.53 Å². The molecule has 8 heteroatoms. The summed E-state index contributed by atoms with van der Waals surface area (Å²) in [4.78, 5) is 28.9. The maximum Gasteiger partial charge on any atom is 0.263 e. The van der Waals surface area contributed by atoms with Crippen molar-refractivity contribution in [2.24, 2.45) is 5.92 Å². The van der Waals surface area contributed by atoms with E-state index in [0.717, 1.165) is 62.0 Å². The molecule has 2 aliphatic heterocycles. The molecule has 3 aromatic rings. The van der Waals surface area contributed by atoms with Crippen LogP contribution in [-0.4, -0.2) is 60.0 Å². The molecule has 0 unspecified atom stereocenters. The first-order chi connectivity index (χ1) is 17.1. The lowest BCUT2D eigenvalue weighted by atomic mass is 9.96. The summed E-state index contributed by atoms with van der Waals surface area (Å²) < 4.78 is 6.07. The molecule has 2 fully saturated rings. The second-order valence-electron chi connectivity index (χ2n) is 9.18. The molecule has 2 saturated heterocycles. The molecule has 0 N–H and O–H groups in total. The minimum absolute atomic E-state index is 0.0595. The van der Waals surface area contributed by atoms with E-state index in [0.29, 0.717) is 18.2 Å². The Balaban J connectivity index is 1.23. The lowest BCUT2D eigenvalue weighted by Crippen LogP contribution is -2.52. The SMILES string of the molecule is Cc1ccc(Oc2nccnc2N2CCC[C@H](C(=O)N3CCN(c4cccc(Cl)c4)CC3)C2)cc1. The molecule has 7 nitrogen and oxygen atoms in total. The van der Waals surface area contributed by atoms with Crippen molar-refractivity contribution >= 4 is 29.0 Å². The number of carbonyl (C=O) groups is 1. The first-order valence-electron chi connectivity index (χ1n) is 12.2. The number of benzene rings is 2. The van der Waals surface area contributed by atoms with E-state index in [1.54, 1.807) is 12.4 Å². The summed E-state index contributed by atoms with van der Waals surface area (Å²) in [6, 6.07) is 15.8. The molecule has 35 heavy (non-hydrogen) atoms. The number of piperazine rings is 1. The Labute approximate surface area is 211 Å². The molecular weight excluding hydrogens is 462 g/mol. The predicted octanol–water partition coefficient (Wildman–Crippen LogP) is 4.80. The van der Waals surface area contributed by atoms with Gasteiger partial charge in [0.25, 0.3) is 5.88 Å². The van der Waals surface area contributed by atoms with E-state index in [9.17, 15) is 4.79 Å². The van der Waals surface area contributed by atoms with Crippen LogP contribution in [0.25, 0.3) is 0 Å². The first-order valence-corrected chi connectivity index (χ1v) is 12.5. The van der Waals surface area contributed by atoms with Crippen LogP contribution in [0, 0.1) is 12.8 Å². The van der Waals surface area contributed by atoms with Crippen molar-refractivity contribution in [2.45, 2.75) is 19.8 Å². The molecule has 1 atom stereocenters. The third-order valence-electron chi connectivity index (χ3n) is 6.72. The second-order valence-corrected chi connectivity index (χ2v) is 9.61. The van der Waals surface area contributed by atoms with Crippen molar-refractivity contribution in [3.05, 3.63) is 71.5 Å². The average Bonchev–Trinajstić information content (AvgIpc) is 2.90. The fraction of sp³-hybridized carbons (Fsp3) is 0.370. The molecule has 2 aromatic carbocycles. The van der Waals surface area contributed by atoms with Gasteiger partial charge in [0, 0.05) is 62.4 Å². The molecule has 1 amide bonds. The number of rotatable bonds is 5.